The lowest BCUT2D eigenvalue weighted by atomic mass is 10.2. The molecule has 1 aromatic rings. The Morgan fingerprint density at radius 1 is 1.62 bits per heavy atom. The monoisotopic (exact) mass is 242 g/mol. The van der Waals surface area contributed by atoms with Crippen molar-refractivity contribution in [3.8, 4) is 5.75 Å². The summed E-state index contributed by atoms with van der Waals surface area (Å²) in [7, 11) is 0. The number of carboxylic acid groups (broad SMARTS) is 1. The van der Waals surface area contributed by atoms with E-state index < -0.39 is 5.97 Å². The van der Waals surface area contributed by atoms with E-state index in [2.05, 4.69) is 5.10 Å². The minimum Gasteiger partial charge on any atom is -0.504 e. The van der Waals surface area contributed by atoms with Crippen molar-refractivity contribution in [2.24, 2.45) is 0 Å². The fraction of sp³-hybridized carbons (Fsp3) is 0.600. The highest BCUT2D eigenvalue weighted by Crippen LogP contribution is 2.27. The fourth-order valence-electron chi connectivity index (χ4n) is 1.88. The van der Waals surface area contributed by atoms with E-state index in [-0.39, 0.29) is 11.4 Å². The maximum Gasteiger partial charge on any atom is 0.358 e. The Bertz CT molecular complexity index is 385. The van der Waals surface area contributed by atoms with Crippen LogP contribution in [0.1, 0.15) is 29.8 Å². The summed E-state index contributed by atoms with van der Waals surface area (Å²) in [5, 5.41) is 22.6. The molecule has 2 rings (SSSR count). The molecule has 0 aliphatic carbocycles. The molecule has 1 saturated heterocycles. The Kier molecular flexibility index (Phi) is 3.38. The summed E-state index contributed by atoms with van der Waals surface area (Å²) in [6.45, 7) is 0.562. The molecule has 0 amide bonds. The summed E-state index contributed by atoms with van der Waals surface area (Å²) in [6, 6.07) is 0. The van der Waals surface area contributed by atoms with E-state index in [9.17, 15) is 9.90 Å². The summed E-state index contributed by atoms with van der Waals surface area (Å²) in [5.41, 5.74) is -0.105. The molecule has 6 heteroatoms. The first kappa shape index (κ1) is 11.3. The Labute approximate surface area is 97.5 Å². The van der Waals surface area contributed by atoms with Gasteiger partial charge < -0.3 is 10.2 Å². The van der Waals surface area contributed by atoms with Gasteiger partial charge in [0.15, 0.2) is 11.4 Å². The van der Waals surface area contributed by atoms with E-state index in [0.717, 1.165) is 12.2 Å². The molecular formula is C10H14N2O3S. The van der Waals surface area contributed by atoms with Gasteiger partial charge in [-0.25, -0.2) is 4.79 Å². The highest BCUT2D eigenvalue weighted by molar-refractivity contribution is 7.99. The van der Waals surface area contributed by atoms with Crippen molar-refractivity contribution in [1.82, 2.24) is 9.78 Å². The van der Waals surface area contributed by atoms with Crippen LogP contribution < -0.4 is 0 Å². The van der Waals surface area contributed by atoms with Crippen molar-refractivity contribution in [3.05, 3.63) is 11.9 Å². The van der Waals surface area contributed by atoms with Crippen LogP contribution in [0.15, 0.2) is 6.20 Å². The van der Waals surface area contributed by atoms with Gasteiger partial charge in [-0.3, -0.25) is 4.68 Å². The molecule has 0 bridgehead atoms. The number of carbonyl (C=O) groups is 1. The lowest BCUT2D eigenvalue weighted by molar-refractivity contribution is 0.0679. The maximum absolute atomic E-state index is 10.9. The molecule has 0 aromatic carbocycles. The van der Waals surface area contributed by atoms with Gasteiger partial charge in [-0.2, -0.15) is 16.9 Å². The van der Waals surface area contributed by atoms with Gasteiger partial charge in [-0.1, -0.05) is 6.42 Å². The standard InChI is InChI=1S/C10H14N2O3S/c13-8-5-11-12(9(8)10(14)15)6-7-3-1-2-4-16-7/h5,7,13H,1-4,6H2,(H,14,15). The van der Waals surface area contributed by atoms with Crippen LogP contribution in [-0.4, -0.2) is 37.0 Å². The van der Waals surface area contributed by atoms with Gasteiger partial charge in [0.2, 0.25) is 0 Å². The van der Waals surface area contributed by atoms with Gasteiger partial charge >= 0.3 is 5.97 Å². The molecule has 1 atom stereocenters. The molecule has 1 aliphatic heterocycles. The minimum absolute atomic E-state index is 0.105. The smallest absolute Gasteiger partial charge is 0.358 e. The van der Waals surface area contributed by atoms with Crippen molar-refractivity contribution in [2.75, 3.05) is 5.75 Å². The van der Waals surface area contributed by atoms with Crippen molar-refractivity contribution in [2.45, 2.75) is 31.1 Å². The second-order valence-corrected chi connectivity index (χ2v) is 5.26. The van der Waals surface area contributed by atoms with Crippen molar-refractivity contribution >= 4 is 17.7 Å². The quantitative estimate of drug-likeness (QED) is 0.841. The second kappa shape index (κ2) is 4.78. The van der Waals surface area contributed by atoms with Crippen molar-refractivity contribution < 1.29 is 15.0 Å². The normalized spacial score (nSPS) is 20.9. The van der Waals surface area contributed by atoms with Crippen LogP contribution in [0.5, 0.6) is 5.75 Å². The number of aromatic carboxylic acids is 1. The Balaban J connectivity index is 2.11. The van der Waals surface area contributed by atoms with Gasteiger partial charge in [0.05, 0.1) is 12.7 Å². The molecule has 1 aliphatic rings. The van der Waals surface area contributed by atoms with Crippen LogP contribution in [0.25, 0.3) is 0 Å². The van der Waals surface area contributed by atoms with Gasteiger partial charge in [-0.05, 0) is 18.6 Å². The average molecular weight is 242 g/mol. The number of aromatic nitrogens is 2. The summed E-state index contributed by atoms with van der Waals surface area (Å²) in [4.78, 5) is 10.9. The zero-order valence-electron chi connectivity index (χ0n) is 8.80. The predicted molar refractivity (Wildman–Crippen MR) is 60.9 cm³/mol. The first-order chi connectivity index (χ1) is 7.68. The van der Waals surface area contributed by atoms with E-state index in [4.69, 9.17) is 5.11 Å². The fourth-order valence-corrected chi connectivity index (χ4v) is 3.16. The average Bonchev–Trinajstić information content (AvgIpc) is 2.61. The van der Waals surface area contributed by atoms with Crippen LogP contribution in [0.2, 0.25) is 0 Å². The number of hydrogen-bond acceptors (Lipinski definition) is 4. The number of aromatic hydroxyl groups is 1. The zero-order valence-corrected chi connectivity index (χ0v) is 9.61. The number of hydrogen-bond donors (Lipinski definition) is 2. The van der Waals surface area contributed by atoms with E-state index in [1.165, 1.54) is 23.7 Å². The molecule has 1 unspecified atom stereocenters. The summed E-state index contributed by atoms with van der Waals surface area (Å²) in [6.07, 6.45) is 4.70. The third kappa shape index (κ3) is 2.32. The Morgan fingerprint density at radius 3 is 3.06 bits per heavy atom. The first-order valence-electron chi connectivity index (χ1n) is 5.28. The molecule has 16 heavy (non-hydrogen) atoms. The molecular weight excluding hydrogens is 228 g/mol. The van der Waals surface area contributed by atoms with E-state index in [0.29, 0.717) is 11.8 Å². The number of carboxylic acids is 1. The molecule has 0 spiro atoms. The number of nitrogens with zero attached hydrogens (tertiary/aromatic N) is 2. The van der Waals surface area contributed by atoms with E-state index in [1.54, 1.807) is 0 Å². The Morgan fingerprint density at radius 2 is 2.44 bits per heavy atom. The van der Waals surface area contributed by atoms with Gasteiger partial charge in [-0.15, -0.1) is 0 Å². The highest BCUT2D eigenvalue weighted by atomic mass is 32.2. The van der Waals surface area contributed by atoms with Gasteiger partial charge in [0.1, 0.15) is 0 Å². The topological polar surface area (TPSA) is 75.3 Å². The van der Waals surface area contributed by atoms with Crippen LogP contribution in [-0.2, 0) is 6.54 Å². The lowest BCUT2D eigenvalue weighted by Crippen LogP contribution is -2.20. The van der Waals surface area contributed by atoms with Crippen LogP contribution in [0, 0.1) is 0 Å². The molecule has 0 radical (unpaired) electrons. The van der Waals surface area contributed by atoms with E-state index >= 15 is 0 Å². The molecule has 2 heterocycles. The van der Waals surface area contributed by atoms with Crippen molar-refractivity contribution in [3.63, 3.8) is 0 Å². The number of thioether (sulfide) groups is 1. The van der Waals surface area contributed by atoms with Crippen LogP contribution in [0.4, 0.5) is 0 Å². The largest absolute Gasteiger partial charge is 0.504 e. The highest BCUT2D eigenvalue weighted by Gasteiger charge is 2.21. The Hall–Kier alpha value is -1.17. The molecule has 0 saturated carbocycles. The summed E-state index contributed by atoms with van der Waals surface area (Å²) < 4.78 is 1.39. The zero-order chi connectivity index (χ0) is 11.5. The second-order valence-electron chi connectivity index (χ2n) is 3.85. The third-order valence-electron chi connectivity index (χ3n) is 2.67. The van der Waals surface area contributed by atoms with Crippen LogP contribution >= 0.6 is 11.8 Å². The lowest BCUT2D eigenvalue weighted by Gasteiger charge is -2.21. The number of rotatable bonds is 3. The first-order valence-corrected chi connectivity index (χ1v) is 6.33. The molecule has 88 valence electrons. The SMILES string of the molecule is O=C(O)c1c(O)cnn1CC1CCCCS1. The summed E-state index contributed by atoms with van der Waals surface area (Å²) in [5.74, 6) is -0.260. The van der Waals surface area contributed by atoms with Gasteiger partial charge in [0, 0.05) is 5.25 Å². The van der Waals surface area contributed by atoms with Gasteiger partial charge in [0.25, 0.3) is 0 Å². The molecule has 2 N–H and O–H groups in total. The third-order valence-corrected chi connectivity index (χ3v) is 4.05. The molecule has 1 aromatic heterocycles. The summed E-state index contributed by atoms with van der Waals surface area (Å²) >= 11 is 1.85. The minimum atomic E-state index is -1.13. The van der Waals surface area contributed by atoms with E-state index in [1.807, 2.05) is 11.8 Å². The van der Waals surface area contributed by atoms with Crippen LogP contribution in [0.3, 0.4) is 0 Å². The molecule has 5 nitrogen and oxygen atoms in total. The van der Waals surface area contributed by atoms with Crippen molar-refractivity contribution in [1.29, 1.82) is 0 Å². The predicted octanol–water partition coefficient (Wildman–Crippen LogP) is 1.57. The molecule has 1 fully saturated rings. The maximum atomic E-state index is 10.9.